The van der Waals surface area contributed by atoms with Crippen molar-refractivity contribution in [1.29, 1.82) is 0 Å². The highest BCUT2D eigenvalue weighted by molar-refractivity contribution is 7.90. The van der Waals surface area contributed by atoms with Crippen LogP contribution in [-0.2, 0) is 16.4 Å². The number of nitrogens with one attached hydrogen (secondary N) is 1. The summed E-state index contributed by atoms with van der Waals surface area (Å²) in [6.07, 6.45) is 1.20. The van der Waals surface area contributed by atoms with E-state index in [1.54, 1.807) is 35.6 Å². The average Bonchev–Trinajstić information content (AvgIpc) is 2.72. The molecule has 0 radical (unpaired) electrons. The molecule has 2 rings (SSSR count). The molecule has 0 aliphatic rings. The monoisotopic (exact) mass is 282 g/mol. The van der Waals surface area contributed by atoms with Gasteiger partial charge in [0, 0.05) is 23.0 Å². The maximum Gasteiger partial charge on any atom is 0.175 e. The molecule has 0 amide bonds. The molecule has 1 aromatic heterocycles. The van der Waals surface area contributed by atoms with Crippen molar-refractivity contribution < 1.29 is 8.42 Å². The molecule has 0 spiro atoms. The third-order valence-corrected chi connectivity index (χ3v) is 4.49. The fourth-order valence-corrected chi connectivity index (χ4v) is 2.82. The summed E-state index contributed by atoms with van der Waals surface area (Å²) in [5.74, 6) is 0. The number of thiazole rings is 1. The molecule has 4 nitrogen and oxygen atoms in total. The van der Waals surface area contributed by atoms with E-state index in [2.05, 4.69) is 10.3 Å². The lowest BCUT2D eigenvalue weighted by Crippen LogP contribution is -2.00. The fourth-order valence-electron chi connectivity index (χ4n) is 1.48. The minimum Gasteiger partial charge on any atom is -0.379 e. The molecule has 0 saturated heterocycles. The SMILES string of the molecule is Cc1csc(CNc2ccc(S(C)(=O)=O)cc2)n1. The third-order valence-electron chi connectivity index (χ3n) is 2.39. The summed E-state index contributed by atoms with van der Waals surface area (Å²) in [5, 5.41) is 6.22. The number of hydrogen-bond acceptors (Lipinski definition) is 5. The van der Waals surface area contributed by atoms with Gasteiger partial charge >= 0.3 is 0 Å². The van der Waals surface area contributed by atoms with E-state index in [0.717, 1.165) is 16.4 Å². The second-order valence-corrected chi connectivity index (χ2v) is 6.99. The first-order chi connectivity index (χ1) is 8.45. The summed E-state index contributed by atoms with van der Waals surface area (Å²) in [6.45, 7) is 2.61. The Hall–Kier alpha value is -1.40. The molecule has 0 saturated carbocycles. The summed E-state index contributed by atoms with van der Waals surface area (Å²) in [7, 11) is -3.12. The van der Waals surface area contributed by atoms with Gasteiger partial charge in [0.15, 0.2) is 9.84 Å². The van der Waals surface area contributed by atoms with Crippen molar-refractivity contribution in [3.05, 3.63) is 40.3 Å². The summed E-state index contributed by atoms with van der Waals surface area (Å²) in [5.41, 5.74) is 1.90. The van der Waals surface area contributed by atoms with Crippen LogP contribution in [0.15, 0.2) is 34.5 Å². The number of aromatic nitrogens is 1. The average molecular weight is 282 g/mol. The predicted molar refractivity (Wildman–Crippen MR) is 73.7 cm³/mol. The topological polar surface area (TPSA) is 59.1 Å². The number of anilines is 1. The van der Waals surface area contributed by atoms with Crippen LogP contribution < -0.4 is 5.32 Å². The second-order valence-electron chi connectivity index (χ2n) is 4.03. The number of nitrogens with zero attached hydrogens (tertiary/aromatic N) is 1. The Labute approximate surface area is 111 Å². The lowest BCUT2D eigenvalue weighted by Gasteiger charge is -2.05. The molecule has 0 atom stereocenters. The lowest BCUT2D eigenvalue weighted by atomic mass is 10.3. The van der Waals surface area contributed by atoms with Gasteiger partial charge in [0.05, 0.1) is 11.4 Å². The number of rotatable bonds is 4. The summed E-state index contributed by atoms with van der Waals surface area (Å²) < 4.78 is 22.6. The minimum atomic E-state index is -3.12. The first-order valence-corrected chi connectivity index (χ1v) is 8.17. The standard InChI is InChI=1S/C12H14N2O2S2/c1-9-8-17-12(14-9)7-13-10-3-5-11(6-4-10)18(2,15)16/h3-6,8,13H,7H2,1-2H3. The van der Waals surface area contributed by atoms with Crippen molar-refractivity contribution >= 4 is 26.9 Å². The van der Waals surface area contributed by atoms with Crippen LogP contribution in [0.2, 0.25) is 0 Å². The van der Waals surface area contributed by atoms with Gasteiger partial charge < -0.3 is 5.32 Å². The van der Waals surface area contributed by atoms with Gasteiger partial charge in [-0.15, -0.1) is 11.3 Å². The van der Waals surface area contributed by atoms with Crippen LogP contribution in [0.5, 0.6) is 0 Å². The van der Waals surface area contributed by atoms with E-state index < -0.39 is 9.84 Å². The molecule has 0 unspecified atom stereocenters. The second kappa shape index (κ2) is 5.07. The largest absolute Gasteiger partial charge is 0.379 e. The van der Waals surface area contributed by atoms with Crippen LogP contribution in [0.4, 0.5) is 5.69 Å². The van der Waals surface area contributed by atoms with Crippen LogP contribution in [0.1, 0.15) is 10.7 Å². The first-order valence-electron chi connectivity index (χ1n) is 5.40. The zero-order valence-corrected chi connectivity index (χ0v) is 11.8. The van der Waals surface area contributed by atoms with Crippen LogP contribution in [-0.4, -0.2) is 19.7 Å². The highest BCUT2D eigenvalue weighted by Crippen LogP contribution is 2.16. The zero-order valence-electron chi connectivity index (χ0n) is 10.2. The molecule has 1 heterocycles. The van der Waals surface area contributed by atoms with E-state index in [-0.39, 0.29) is 0 Å². The summed E-state index contributed by atoms with van der Waals surface area (Å²) >= 11 is 1.61. The molecule has 6 heteroatoms. The van der Waals surface area contributed by atoms with Crippen LogP contribution >= 0.6 is 11.3 Å². The molecule has 18 heavy (non-hydrogen) atoms. The van der Waals surface area contributed by atoms with Gasteiger partial charge in [-0.05, 0) is 31.2 Å². The fraction of sp³-hybridized carbons (Fsp3) is 0.250. The van der Waals surface area contributed by atoms with Gasteiger partial charge in [0.1, 0.15) is 5.01 Å². The zero-order chi connectivity index (χ0) is 13.2. The highest BCUT2D eigenvalue weighted by Gasteiger charge is 2.06. The third kappa shape index (κ3) is 3.30. The highest BCUT2D eigenvalue weighted by atomic mass is 32.2. The van der Waals surface area contributed by atoms with Gasteiger partial charge in [-0.25, -0.2) is 13.4 Å². The van der Waals surface area contributed by atoms with Gasteiger partial charge in [0.2, 0.25) is 0 Å². The Balaban J connectivity index is 2.03. The van der Waals surface area contributed by atoms with Gasteiger partial charge in [0.25, 0.3) is 0 Å². The van der Waals surface area contributed by atoms with E-state index in [0.29, 0.717) is 11.4 Å². The van der Waals surface area contributed by atoms with Crippen molar-refractivity contribution in [2.24, 2.45) is 0 Å². The molecule has 2 aromatic rings. The minimum absolute atomic E-state index is 0.332. The smallest absolute Gasteiger partial charge is 0.175 e. The van der Waals surface area contributed by atoms with Crippen molar-refractivity contribution in [3.63, 3.8) is 0 Å². The molecular formula is C12H14N2O2S2. The number of aryl methyl sites for hydroxylation is 1. The van der Waals surface area contributed by atoms with Gasteiger partial charge in [-0.2, -0.15) is 0 Å². The van der Waals surface area contributed by atoms with E-state index in [4.69, 9.17) is 0 Å². The van der Waals surface area contributed by atoms with Crippen LogP contribution in [0.25, 0.3) is 0 Å². The summed E-state index contributed by atoms with van der Waals surface area (Å²) in [4.78, 5) is 4.67. The molecule has 0 aliphatic carbocycles. The predicted octanol–water partition coefficient (Wildman–Crippen LogP) is 2.47. The molecule has 1 aromatic carbocycles. The molecule has 96 valence electrons. The normalized spacial score (nSPS) is 11.4. The Morgan fingerprint density at radius 2 is 1.94 bits per heavy atom. The van der Waals surface area contributed by atoms with E-state index >= 15 is 0 Å². The van der Waals surface area contributed by atoms with E-state index in [1.165, 1.54) is 6.26 Å². The number of hydrogen-bond donors (Lipinski definition) is 1. The Morgan fingerprint density at radius 1 is 1.28 bits per heavy atom. The van der Waals surface area contributed by atoms with Gasteiger partial charge in [-0.1, -0.05) is 0 Å². The van der Waals surface area contributed by atoms with E-state index in [9.17, 15) is 8.42 Å². The lowest BCUT2D eigenvalue weighted by molar-refractivity contribution is 0.602. The van der Waals surface area contributed by atoms with Crippen molar-refractivity contribution in [1.82, 2.24) is 4.98 Å². The van der Waals surface area contributed by atoms with Gasteiger partial charge in [-0.3, -0.25) is 0 Å². The van der Waals surface area contributed by atoms with Crippen molar-refractivity contribution in [2.45, 2.75) is 18.4 Å². The molecule has 0 bridgehead atoms. The number of sulfone groups is 1. The Bertz CT molecular complexity index is 630. The maximum atomic E-state index is 11.3. The number of benzene rings is 1. The molecule has 0 fully saturated rings. The van der Waals surface area contributed by atoms with E-state index in [1.807, 2.05) is 12.3 Å². The Kier molecular flexibility index (Phi) is 3.68. The molecular weight excluding hydrogens is 268 g/mol. The molecule has 0 aliphatic heterocycles. The van der Waals surface area contributed by atoms with Crippen LogP contribution in [0, 0.1) is 6.92 Å². The quantitative estimate of drug-likeness (QED) is 0.936. The van der Waals surface area contributed by atoms with Crippen molar-refractivity contribution in [3.8, 4) is 0 Å². The van der Waals surface area contributed by atoms with Crippen molar-refractivity contribution in [2.75, 3.05) is 11.6 Å². The molecule has 1 N–H and O–H groups in total. The van der Waals surface area contributed by atoms with Crippen LogP contribution in [0.3, 0.4) is 0 Å². The Morgan fingerprint density at radius 3 is 2.44 bits per heavy atom. The first kappa shape index (κ1) is 13.0. The summed E-state index contributed by atoms with van der Waals surface area (Å²) in [6, 6.07) is 6.73. The maximum absolute atomic E-state index is 11.3.